The number of hydrogen-bond acceptors (Lipinski definition) is 6. The zero-order chi connectivity index (χ0) is 16.6. The number of aryl methyl sites for hydroxylation is 1. The summed E-state index contributed by atoms with van der Waals surface area (Å²) in [5, 5.41) is 8.20. The van der Waals surface area contributed by atoms with Crippen LogP contribution in [0.3, 0.4) is 0 Å². The Morgan fingerprint density at radius 3 is 2.93 bits per heavy atom. The van der Waals surface area contributed by atoms with Crippen LogP contribution in [0.1, 0.15) is 17.7 Å². The maximum Gasteiger partial charge on any atom is 0.160 e. The number of nitrogens with zero attached hydrogens (tertiary/aromatic N) is 6. The van der Waals surface area contributed by atoms with E-state index in [1.165, 1.54) is 23.0 Å². The molecule has 4 heterocycles. The molecule has 7 nitrogen and oxygen atoms in total. The molecule has 0 unspecified atom stereocenters. The average molecular weight is 424 g/mol. The molecule has 0 bridgehead atoms. The first kappa shape index (κ1) is 19.8. The van der Waals surface area contributed by atoms with Crippen LogP contribution in [0.15, 0.2) is 36.7 Å². The van der Waals surface area contributed by atoms with Crippen LogP contribution in [-0.2, 0) is 19.6 Å². The van der Waals surface area contributed by atoms with Crippen molar-refractivity contribution in [3.05, 3.63) is 47.9 Å². The molecule has 0 spiro atoms. The van der Waals surface area contributed by atoms with Gasteiger partial charge < -0.3 is 9.88 Å². The van der Waals surface area contributed by atoms with E-state index in [1.54, 1.807) is 0 Å². The fraction of sp³-hybridized carbons (Fsp3) is 0.294. The first-order valence-electron chi connectivity index (χ1n) is 8.37. The van der Waals surface area contributed by atoms with Crippen molar-refractivity contribution in [3.8, 4) is 11.5 Å². The second-order valence-electron chi connectivity index (χ2n) is 6.24. The second kappa shape index (κ2) is 8.35. The Bertz CT molecular complexity index is 1020. The molecule has 142 valence electrons. The molecule has 5 rings (SSSR count). The van der Waals surface area contributed by atoms with Gasteiger partial charge >= 0.3 is 0 Å². The zero-order valence-corrected chi connectivity index (χ0v) is 16.9. The van der Waals surface area contributed by atoms with Crippen molar-refractivity contribution in [2.24, 2.45) is 0 Å². The highest BCUT2D eigenvalue weighted by Gasteiger charge is 2.15. The highest BCUT2D eigenvalue weighted by molar-refractivity contribution is 7.00. The van der Waals surface area contributed by atoms with E-state index in [2.05, 4.69) is 46.5 Å². The van der Waals surface area contributed by atoms with Crippen LogP contribution in [0, 0.1) is 0 Å². The standard InChI is InChI=1S/C17H17N7S.2ClH/c1-4-18-10-13-9-16(20-24(13)6-1)17-19-5-7-23(17)11-12-2-3-14-15(8-12)22-25-21-14;;/h2-3,5,7-9,18H,1,4,6,10-11H2;2*1H. The number of aromatic nitrogens is 6. The van der Waals surface area contributed by atoms with Crippen molar-refractivity contribution < 1.29 is 0 Å². The number of nitrogens with one attached hydrogen (secondary N) is 1. The van der Waals surface area contributed by atoms with Crippen molar-refractivity contribution in [3.63, 3.8) is 0 Å². The molecule has 0 aliphatic carbocycles. The van der Waals surface area contributed by atoms with Gasteiger partial charge in [-0.2, -0.15) is 13.8 Å². The van der Waals surface area contributed by atoms with Crippen molar-refractivity contribution in [2.45, 2.75) is 26.1 Å². The van der Waals surface area contributed by atoms with Crippen LogP contribution in [0.4, 0.5) is 0 Å². The highest BCUT2D eigenvalue weighted by Crippen LogP contribution is 2.21. The summed E-state index contributed by atoms with van der Waals surface area (Å²) in [6.07, 6.45) is 4.94. The molecule has 10 heteroatoms. The summed E-state index contributed by atoms with van der Waals surface area (Å²) >= 11 is 1.25. The monoisotopic (exact) mass is 423 g/mol. The van der Waals surface area contributed by atoms with Gasteiger partial charge in [-0.05, 0) is 36.7 Å². The molecule has 0 fully saturated rings. The molecule has 0 radical (unpaired) electrons. The first-order chi connectivity index (χ1) is 12.4. The van der Waals surface area contributed by atoms with Gasteiger partial charge in [0.25, 0.3) is 0 Å². The van der Waals surface area contributed by atoms with E-state index in [0.29, 0.717) is 0 Å². The Kier molecular flexibility index (Phi) is 6.11. The van der Waals surface area contributed by atoms with E-state index >= 15 is 0 Å². The lowest BCUT2D eigenvalue weighted by atomic mass is 10.2. The Labute approximate surface area is 173 Å². The topological polar surface area (TPSA) is 73.5 Å². The summed E-state index contributed by atoms with van der Waals surface area (Å²) in [7, 11) is 0. The van der Waals surface area contributed by atoms with Crippen LogP contribution >= 0.6 is 36.5 Å². The van der Waals surface area contributed by atoms with Crippen molar-refractivity contribution in [1.29, 1.82) is 0 Å². The number of benzene rings is 1. The number of hydrogen-bond donors (Lipinski definition) is 1. The predicted molar refractivity (Wildman–Crippen MR) is 111 cm³/mol. The smallest absolute Gasteiger partial charge is 0.160 e. The third-order valence-corrected chi connectivity index (χ3v) is 5.07. The van der Waals surface area contributed by atoms with Crippen molar-refractivity contribution >= 4 is 47.6 Å². The summed E-state index contributed by atoms with van der Waals surface area (Å²) in [6.45, 7) is 3.60. The quantitative estimate of drug-likeness (QED) is 0.547. The molecule has 0 saturated carbocycles. The third kappa shape index (κ3) is 3.84. The minimum atomic E-state index is 0. The van der Waals surface area contributed by atoms with Gasteiger partial charge in [0.2, 0.25) is 0 Å². The summed E-state index contributed by atoms with van der Waals surface area (Å²) in [5.41, 5.74) is 5.23. The van der Waals surface area contributed by atoms with E-state index < -0.39 is 0 Å². The first-order valence-corrected chi connectivity index (χ1v) is 9.10. The molecule has 0 atom stereocenters. The minimum absolute atomic E-state index is 0. The molecule has 1 N–H and O–H groups in total. The fourth-order valence-corrected chi connectivity index (χ4v) is 3.78. The molecule has 1 aliphatic heterocycles. The van der Waals surface area contributed by atoms with Gasteiger partial charge in [-0.15, -0.1) is 24.8 Å². The maximum absolute atomic E-state index is 4.77. The predicted octanol–water partition coefficient (Wildman–Crippen LogP) is 3.14. The van der Waals surface area contributed by atoms with Crippen LogP contribution in [0.2, 0.25) is 0 Å². The van der Waals surface area contributed by atoms with E-state index in [9.17, 15) is 0 Å². The zero-order valence-electron chi connectivity index (χ0n) is 14.4. The fourth-order valence-electron chi connectivity index (χ4n) is 3.26. The number of rotatable bonds is 3. The lowest BCUT2D eigenvalue weighted by Crippen LogP contribution is -2.11. The minimum Gasteiger partial charge on any atom is -0.325 e. The summed E-state index contributed by atoms with van der Waals surface area (Å²) in [5.74, 6) is 0.900. The average Bonchev–Trinajstić information content (AvgIpc) is 3.32. The van der Waals surface area contributed by atoms with Gasteiger partial charge in [-0.25, -0.2) is 4.98 Å². The molecule has 0 saturated heterocycles. The molecule has 4 aromatic rings. The number of imidazole rings is 1. The van der Waals surface area contributed by atoms with Crippen LogP contribution in [0.5, 0.6) is 0 Å². The largest absolute Gasteiger partial charge is 0.325 e. The highest BCUT2D eigenvalue weighted by atomic mass is 35.5. The lowest BCUT2D eigenvalue weighted by molar-refractivity contribution is 0.588. The Morgan fingerprint density at radius 2 is 2.00 bits per heavy atom. The molecule has 0 amide bonds. The van der Waals surface area contributed by atoms with E-state index in [4.69, 9.17) is 5.10 Å². The van der Waals surface area contributed by atoms with E-state index in [-0.39, 0.29) is 24.8 Å². The Balaban J connectivity index is 0.00000105. The lowest BCUT2D eigenvalue weighted by Gasteiger charge is -2.06. The van der Waals surface area contributed by atoms with Gasteiger partial charge in [-0.1, -0.05) is 6.07 Å². The molecule has 1 aliphatic rings. The molecule has 1 aromatic carbocycles. The number of halogens is 2. The molecule has 3 aromatic heterocycles. The molecule has 27 heavy (non-hydrogen) atoms. The number of fused-ring (bicyclic) bond motifs is 2. The van der Waals surface area contributed by atoms with Gasteiger partial charge in [0.15, 0.2) is 5.82 Å². The molecular weight excluding hydrogens is 405 g/mol. The van der Waals surface area contributed by atoms with Gasteiger partial charge in [-0.3, -0.25) is 4.68 Å². The molecular formula is C17H19Cl2N7S. The second-order valence-corrected chi connectivity index (χ2v) is 6.77. The van der Waals surface area contributed by atoms with Crippen LogP contribution < -0.4 is 5.32 Å². The third-order valence-electron chi connectivity index (χ3n) is 4.51. The summed E-state index contributed by atoms with van der Waals surface area (Å²) < 4.78 is 12.8. The maximum atomic E-state index is 4.77. The Morgan fingerprint density at radius 1 is 1.11 bits per heavy atom. The Hall–Kier alpha value is -2.00. The normalized spacial score (nSPS) is 13.5. The summed E-state index contributed by atoms with van der Waals surface area (Å²) in [4.78, 5) is 4.54. The van der Waals surface area contributed by atoms with Crippen LogP contribution in [-0.4, -0.2) is 34.6 Å². The SMILES string of the molecule is Cl.Cl.c1cn(Cc2ccc3nsnc3c2)c(-c2cc3n(n2)CCCNC3)n1. The van der Waals surface area contributed by atoms with Gasteiger partial charge in [0.1, 0.15) is 16.7 Å². The van der Waals surface area contributed by atoms with Gasteiger partial charge in [0.05, 0.1) is 17.4 Å². The van der Waals surface area contributed by atoms with Crippen LogP contribution in [0.25, 0.3) is 22.6 Å². The van der Waals surface area contributed by atoms with Crippen molar-refractivity contribution in [2.75, 3.05) is 6.54 Å². The van der Waals surface area contributed by atoms with E-state index in [0.717, 1.165) is 55.2 Å². The van der Waals surface area contributed by atoms with Gasteiger partial charge in [0, 0.05) is 32.0 Å². The van der Waals surface area contributed by atoms with Crippen molar-refractivity contribution in [1.82, 2.24) is 33.4 Å². The van der Waals surface area contributed by atoms with E-state index in [1.807, 2.05) is 18.5 Å². The summed E-state index contributed by atoms with van der Waals surface area (Å²) in [6, 6.07) is 8.36.